The molecule has 2 rings (SSSR count). The maximum Gasteiger partial charge on any atom is 0.165 e. The van der Waals surface area contributed by atoms with Crippen molar-refractivity contribution < 1.29 is 13.5 Å². The molecular formula is C14H12BrF2NO. The molecule has 0 spiro atoms. The lowest BCUT2D eigenvalue weighted by Crippen LogP contribution is -2.05. The van der Waals surface area contributed by atoms with E-state index in [1.54, 1.807) is 18.2 Å². The first-order chi connectivity index (χ1) is 8.97. The third-order valence-electron chi connectivity index (χ3n) is 2.58. The van der Waals surface area contributed by atoms with Crippen molar-refractivity contribution in [2.75, 3.05) is 0 Å². The monoisotopic (exact) mass is 327 g/mol. The largest absolute Gasteiger partial charge is 0.454 e. The fourth-order valence-corrected chi connectivity index (χ4v) is 2.34. The van der Waals surface area contributed by atoms with Gasteiger partial charge in [-0.25, -0.2) is 8.78 Å². The summed E-state index contributed by atoms with van der Waals surface area (Å²) in [4.78, 5) is 0. The predicted molar refractivity (Wildman–Crippen MR) is 73.2 cm³/mol. The van der Waals surface area contributed by atoms with Gasteiger partial charge in [0, 0.05) is 16.6 Å². The molecule has 100 valence electrons. The molecule has 0 aliphatic carbocycles. The number of benzene rings is 2. The molecular weight excluding hydrogens is 316 g/mol. The molecule has 1 atom stereocenters. The van der Waals surface area contributed by atoms with Crippen molar-refractivity contribution in [3.8, 4) is 11.5 Å². The van der Waals surface area contributed by atoms with Crippen molar-refractivity contribution in [2.24, 2.45) is 5.73 Å². The minimum atomic E-state index is -0.617. The molecule has 2 N–H and O–H groups in total. The van der Waals surface area contributed by atoms with Crippen LogP contribution in [0.2, 0.25) is 0 Å². The van der Waals surface area contributed by atoms with Crippen molar-refractivity contribution >= 4 is 15.9 Å². The van der Waals surface area contributed by atoms with Crippen LogP contribution < -0.4 is 10.5 Å². The van der Waals surface area contributed by atoms with E-state index in [0.717, 1.165) is 28.2 Å². The second kappa shape index (κ2) is 5.67. The molecule has 0 aromatic heterocycles. The summed E-state index contributed by atoms with van der Waals surface area (Å²) in [6.07, 6.45) is 0. The molecule has 0 aliphatic rings. The first-order valence-electron chi connectivity index (χ1n) is 5.65. The minimum Gasteiger partial charge on any atom is -0.454 e. The molecule has 0 saturated heterocycles. The van der Waals surface area contributed by atoms with Crippen LogP contribution in [0, 0.1) is 11.6 Å². The summed E-state index contributed by atoms with van der Waals surface area (Å²) in [6.45, 7) is 1.85. The molecule has 0 amide bonds. The van der Waals surface area contributed by atoms with Gasteiger partial charge >= 0.3 is 0 Å². The summed E-state index contributed by atoms with van der Waals surface area (Å²) in [5.41, 5.74) is 6.69. The lowest BCUT2D eigenvalue weighted by Gasteiger charge is -2.11. The van der Waals surface area contributed by atoms with Gasteiger partial charge in [0.05, 0.1) is 0 Å². The van der Waals surface area contributed by atoms with Crippen LogP contribution in [-0.2, 0) is 0 Å². The molecule has 2 nitrogen and oxygen atoms in total. The van der Waals surface area contributed by atoms with E-state index < -0.39 is 11.6 Å². The van der Waals surface area contributed by atoms with E-state index in [1.165, 1.54) is 0 Å². The molecule has 19 heavy (non-hydrogen) atoms. The van der Waals surface area contributed by atoms with Gasteiger partial charge in [0.1, 0.15) is 11.6 Å². The third kappa shape index (κ3) is 3.30. The second-order valence-corrected chi connectivity index (χ2v) is 5.00. The summed E-state index contributed by atoms with van der Waals surface area (Å²) in [6, 6.07) is 8.04. The zero-order valence-corrected chi connectivity index (χ0v) is 11.7. The van der Waals surface area contributed by atoms with Crippen molar-refractivity contribution in [2.45, 2.75) is 13.0 Å². The van der Waals surface area contributed by atoms with Gasteiger partial charge in [0.25, 0.3) is 0 Å². The minimum absolute atomic E-state index is 0.130. The highest BCUT2D eigenvalue weighted by atomic mass is 79.9. The van der Waals surface area contributed by atoms with Gasteiger partial charge in [-0.15, -0.1) is 0 Å². The van der Waals surface area contributed by atoms with Crippen LogP contribution in [0.15, 0.2) is 40.9 Å². The highest BCUT2D eigenvalue weighted by Gasteiger charge is 2.09. The average molecular weight is 328 g/mol. The number of hydrogen-bond donors (Lipinski definition) is 1. The molecule has 0 bridgehead atoms. The molecule has 0 aliphatic heterocycles. The Balaban J connectivity index is 2.29. The molecule has 2 aromatic carbocycles. The summed E-state index contributed by atoms with van der Waals surface area (Å²) >= 11 is 3.37. The van der Waals surface area contributed by atoms with Crippen LogP contribution in [0.3, 0.4) is 0 Å². The molecule has 0 heterocycles. The Bertz CT molecular complexity index is 602. The summed E-state index contributed by atoms with van der Waals surface area (Å²) in [5.74, 6) is -0.919. The van der Waals surface area contributed by atoms with Crippen molar-refractivity contribution in [3.05, 3.63) is 58.1 Å². The van der Waals surface area contributed by atoms with Gasteiger partial charge in [-0.3, -0.25) is 0 Å². The maximum absolute atomic E-state index is 13.4. The third-order valence-corrected chi connectivity index (χ3v) is 3.27. The lowest BCUT2D eigenvalue weighted by molar-refractivity contribution is 0.436. The van der Waals surface area contributed by atoms with E-state index in [4.69, 9.17) is 10.5 Å². The van der Waals surface area contributed by atoms with E-state index >= 15 is 0 Å². The Morgan fingerprint density at radius 3 is 2.53 bits per heavy atom. The Morgan fingerprint density at radius 2 is 1.89 bits per heavy atom. The molecule has 5 heteroatoms. The summed E-state index contributed by atoms with van der Waals surface area (Å²) in [5, 5.41) is 0. The number of hydrogen-bond acceptors (Lipinski definition) is 2. The molecule has 0 radical (unpaired) electrons. The Kier molecular flexibility index (Phi) is 4.17. The standard InChI is InChI=1S/C14H12BrF2NO/c1-8(18)11-4-3-10(7-12(11)15)19-14-6-9(16)2-5-13(14)17/h2-8H,18H2,1H3. The van der Waals surface area contributed by atoms with Crippen molar-refractivity contribution in [1.29, 1.82) is 0 Å². The maximum atomic E-state index is 13.4. The van der Waals surface area contributed by atoms with Crippen molar-refractivity contribution in [1.82, 2.24) is 0 Å². The van der Waals surface area contributed by atoms with Crippen LogP contribution >= 0.6 is 15.9 Å². The summed E-state index contributed by atoms with van der Waals surface area (Å²) in [7, 11) is 0. The zero-order chi connectivity index (χ0) is 14.0. The lowest BCUT2D eigenvalue weighted by atomic mass is 10.1. The number of ether oxygens (including phenoxy) is 1. The number of nitrogens with two attached hydrogens (primary N) is 1. The van der Waals surface area contributed by atoms with Crippen LogP contribution in [0.5, 0.6) is 11.5 Å². The molecule has 1 unspecified atom stereocenters. The van der Waals surface area contributed by atoms with Gasteiger partial charge in [-0.2, -0.15) is 0 Å². The highest BCUT2D eigenvalue weighted by Crippen LogP contribution is 2.30. The Morgan fingerprint density at radius 1 is 1.16 bits per heavy atom. The van der Waals surface area contributed by atoms with E-state index in [9.17, 15) is 8.78 Å². The quantitative estimate of drug-likeness (QED) is 0.898. The molecule has 0 saturated carbocycles. The van der Waals surface area contributed by atoms with E-state index in [0.29, 0.717) is 5.75 Å². The van der Waals surface area contributed by atoms with Gasteiger partial charge in [0.15, 0.2) is 11.6 Å². The van der Waals surface area contributed by atoms with Gasteiger partial charge in [0.2, 0.25) is 0 Å². The van der Waals surface area contributed by atoms with Crippen molar-refractivity contribution in [3.63, 3.8) is 0 Å². The van der Waals surface area contributed by atoms with Crippen LogP contribution in [0.25, 0.3) is 0 Å². The Labute approximate surface area is 118 Å². The number of halogens is 3. The zero-order valence-electron chi connectivity index (χ0n) is 10.2. The highest BCUT2D eigenvalue weighted by molar-refractivity contribution is 9.10. The van der Waals surface area contributed by atoms with Crippen LogP contribution in [-0.4, -0.2) is 0 Å². The second-order valence-electron chi connectivity index (χ2n) is 4.15. The van der Waals surface area contributed by atoms with Gasteiger partial charge in [-0.05, 0) is 36.8 Å². The fraction of sp³-hybridized carbons (Fsp3) is 0.143. The topological polar surface area (TPSA) is 35.2 Å². The number of rotatable bonds is 3. The van der Waals surface area contributed by atoms with E-state index in [2.05, 4.69) is 15.9 Å². The fourth-order valence-electron chi connectivity index (χ4n) is 1.62. The first-order valence-corrected chi connectivity index (χ1v) is 6.44. The SMILES string of the molecule is CC(N)c1ccc(Oc2cc(F)ccc2F)cc1Br. The van der Waals surface area contributed by atoms with Crippen LogP contribution in [0.1, 0.15) is 18.5 Å². The molecule has 0 fully saturated rings. The smallest absolute Gasteiger partial charge is 0.165 e. The van der Waals surface area contributed by atoms with Gasteiger partial charge < -0.3 is 10.5 Å². The Hall–Kier alpha value is -1.46. The van der Waals surface area contributed by atoms with Crippen LogP contribution in [0.4, 0.5) is 8.78 Å². The average Bonchev–Trinajstić information content (AvgIpc) is 2.33. The first kappa shape index (κ1) is 14.0. The van der Waals surface area contributed by atoms with E-state index in [-0.39, 0.29) is 11.8 Å². The molecule has 2 aromatic rings. The van der Waals surface area contributed by atoms with Gasteiger partial charge in [-0.1, -0.05) is 22.0 Å². The predicted octanol–water partition coefficient (Wildman–Crippen LogP) is 4.54. The summed E-state index contributed by atoms with van der Waals surface area (Å²) < 4.78 is 32.5. The normalized spacial score (nSPS) is 12.3. The van der Waals surface area contributed by atoms with E-state index in [1.807, 2.05) is 6.92 Å².